The summed E-state index contributed by atoms with van der Waals surface area (Å²) in [6, 6.07) is 12.5. The van der Waals surface area contributed by atoms with Crippen LogP contribution in [0.3, 0.4) is 0 Å². The Morgan fingerprint density at radius 2 is 1.69 bits per heavy atom. The molecule has 8 nitrogen and oxygen atoms in total. The third-order valence-electron chi connectivity index (χ3n) is 4.96. The van der Waals surface area contributed by atoms with Crippen LogP contribution >= 0.6 is 0 Å². The van der Waals surface area contributed by atoms with Crippen LogP contribution in [-0.4, -0.2) is 56.6 Å². The van der Waals surface area contributed by atoms with Crippen LogP contribution in [0.2, 0.25) is 0 Å². The summed E-state index contributed by atoms with van der Waals surface area (Å²) in [6.45, 7) is 3.89. The van der Waals surface area contributed by atoms with Gasteiger partial charge in [-0.05, 0) is 47.7 Å². The van der Waals surface area contributed by atoms with Gasteiger partial charge in [0.15, 0.2) is 16.0 Å². The number of likely N-dealkylation sites (N-methyl/N-ethyl adjacent to an activating group) is 1. The fourth-order valence-corrected chi connectivity index (χ4v) is 3.74. The Morgan fingerprint density at radius 1 is 1.06 bits per heavy atom. The van der Waals surface area contributed by atoms with E-state index in [-0.39, 0.29) is 16.7 Å². The second-order valence-electron chi connectivity index (χ2n) is 8.02. The van der Waals surface area contributed by atoms with E-state index >= 15 is 0 Å². The summed E-state index contributed by atoms with van der Waals surface area (Å²) in [4.78, 5) is 26.0. The smallest absolute Gasteiger partial charge is 0.263 e. The normalized spacial score (nSPS) is 12.0. The van der Waals surface area contributed by atoms with Gasteiger partial charge in [-0.25, -0.2) is 18.4 Å². The van der Waals surface area contributed by atoms with Gasteiger partial charge in [0.2, 0.25) is 0 Å². The van der Waals surface area contributed by atoms with Crippen molar-refractivity contribution in [2.45, 2.75) is 31.2 Å². The fourth-order valence-electron chi connectivity index (χ4n) is 3.11. The van der Waals surface area contributed by atoms with Crippen molar-refractivity contribution in [2.75, 3.05) is 20.4 Å². The minimum Gasteiger partial charge on any atom is -0.340 e. The van der Waals surface area contributed by atoms with Crippen LogP contribution in [0.15, 0.2) is 53.4 Å². The van der Waals surface area contributed by atoms with Crippen molar-refractivity contribution >= 4 is 21.7 Å². The Labute approximate surface area is 189 Å². The average Bonchev–Trinajstić information content (AvgIpc) is 2.76. The van der Waals surface area contributed by atoms with Crippen molar-refractivity contribution in [1.82, 2.24) is 15.3 Å². The maximum absolute atomic E-state index is 12.9. The first-order chi connectivity index (χ1) is 14.9. The number of hydrazine groups is 1. The molecule has 0 saturated heterocycles. The maximum atomic E-state index is 12.9. The van der Waals surface area contributed by atoms with E-state index in [0.717, 1.165) is 22.4 Å². The number of rotatable bonds is 8. The molecule has 2 aromatic carbocycles. The maximum Gasteiger partial charge on any atom is 0.263 e. The van der Waals surface area contributed by atoms with E-state index in [9.17, 15) is 18.0 Å². The molecule has 0 aromatic heterocycles. The lowest BCUT2D eigenvalue weighted by atomic mass is 10.0. The molecule has 0 saturated carbocycles. The molecule has 0 fully saturated rings. The van der Waals surface area contributed by atoms with Crippen LogP contribution in [0.5, 0.6) is 0 Å². The van der Waals surface area contributed by atoms with Crippen LogP contribution in [0, 0.1) is 17.4 Å². The third-order valence-corrected chi connectivity index (χ3v) is 6.09. The number of nitrogens with zero attached hydrogens (tertiary/aromatic N) is 3. The lowest BCUT2D eigenvalue weighted by Gasteiger charge is -2.28. The number of hydrogen-bond donors (Lipinski definition) is 1. The van der Waals surface area contributed by atoms with Crippen molar-refractivity contribution in [2.24, 2.45) is 5.92 Å². The van der Waals surface area contributed by atoms with Gasteiger partial charge in [-0.2, -0.15) is 5.26 Å². The van der Waals surface area contributed by atoms with E-state index in [1.165, 1.54) is 31.2 Å². The van der Waals surface area contributed by atoms with Gasteiger partial charge in [-0.1, -0.05) is 38.1 Å². The number of benzene rings is 2. The van der Waals surface area contributed by atoms with E-state index < -0.39 is 21.8 Å². The zero-order valence-electron chi connectivity index (χ0n) is 18.9. The number of nitriles is 1. The summed E-state index contributed by atoms with van der Waals surface area (Å²) in [5.74, 6) is -0.653. The molecule has 2 aromatic rings. The van der Waals surface area contributed by atoms with E-state index in [1.54, 1.807) is 30.3 Å². The summed E-state index contributed by atoms with van der Waals surface area (Å²) in [5.41, 5.74) is 1.87. The highest BCUT2D eigenvalue weighted by Crippen LogP contribution is 2.23. The lowest BCUT2D eigenvalue weighted by molar-refractivity contribution is -0.142. The number of nitrogens with one attached hydrogen (secondary N) is 1. The summed E-state index contributed by atoms with van der Waals surface area (Å²) in [7, 11) is -0.353. The average molecular weight is 457 g/mol. The van der Waals surface area contributed by atoms with Crippen molar-refractivity contribution in [1.29, 1.82) is 5.26 Å². The Balaban J connectivity index is 2.26. The Hall–Kier alpha value is -3.38. The van der Waals surface area contributed by atoms with Crippen LogP contribution in [0.4, 0.5) is 0 Å². The highest BCUT2D eigenvalue weighted by molar-refractivity contribution is 7.90. The molecule has 0 aliphatic rings. The molecular formula is C23H28N4O4S. The van der Waals surface area contributed by atoms with Gasteiger partial charge in [-0.15, -0.1) is 0 Å². The number of carbonyl (C=O) groups is 2. The fraction of sp³-hybridized carbons (Fsp3) is 0.348. The lowest BCUT2D eigenvalue weighted by Crippen LogP contribution is -2.51. The number of hydrogen-bond acceptors (Lipinski definition) is 6. The monoisotopic (exact) mass is 456 g/mol. The number of sulfone groups is 1. The van der Waals surface area contributed by atoms with Crippen molar-refractivity contribution in [3.8, 4) is 17.3 Å². The molecule has 1 atom stereocenters. The highest BCUT2D eigenvalue weighted by Gasteiger charge is 2.27. The molecule has 32 heavy (non-hydrogen) atoms. The molecule has 170 valence electrons. The van der Waals surface area contributed by atoms with E-state index in [2.05, 4.69) is 5.32 Å². The standard InChI is InChI=1S/C23H28N4O4S/c1-16(2)13-21(23(29)27(4)26(3)15-24)25-22(28)19-8-6-7-18(14-19)17-9-11-20(12-10-17)32(5,30)31/h6-12,14,16,21H,13H2,1-5H3,(H,25,28). The van der Waals surface area contributed by atoms with Crippen molar-refractivity contribution in [3.63, 3.8) is 0 Å². The van der Waals surface area contributed by atoms with Crippen molar-refractivity contribution < 1.29 is 18.0 Å². The van der Waals surface area contributed by atoms with Gasteiger partial charge >= 0.3 is 0 Å². The Bertz CT molecular complexity index is 1120. The van der Waals surface area contributed by atoms with Crippen LogP contribution in [-0.2, 0) is 14.6 Å². The summed E-state index contributed by atoms with van der Waals surface area (Å²) < 4.78 is 23.3. The van der Waals surface area contributed by atoms with Crippen LogP contribution in [0.1, 0.15) is 30.6 Å². The molecule has 0 heterocycles. The highest BCUT2D eigenvalue weighted by atomic mass is 32.2. The largest absolute Gasteiger partial charge is 0.340 e. The molecule has 1 unspecified atom stereocenters. The topological polar surface area (TPSA) is 111 Å². The third kappa shape index (κ3) is 6.31. The molecule has 2 amide bonds. The molecule has 0 aliphatic heterocycles. The summed E-state index contributed by atoms with van der Waals surface area (Å²) in [5, 5.41) is 14.1. The second kappa shape index (κ2) is 10.3. The zero-order valence-corrected chi connectivity index (χ0v) is 19.7. The molecule has 2 rings (SSSR count). The van der Waals surface area contributed by atoms with Crippen molar-refractivity contribution in [3.05, 3.63) is 54.1 Å². The van der Waals surface area contributed by atoms with E-state index in [1.807, 2.05) is 26.1 Å². The van der Waals surface area contributed by atoms with Gasteiger partial charge in [0.25, 0.3) is 11.8 Å². The van der Waals surface area contributed by atoms with Gasteiger partial charge in [0.1, 0.15) is 6.04 Å². The summed E-state index contributed by atoms with van der Waals surface area (Å²) >= 11 is 0. The van der Waals surface area contributed by atoms with E-state index in [0.29, 0.717) is 12.0 Å². The molecule has 0 spiro atoms. The molecule has 9 heteroatoms. The van der Waals surface area contributed by atoms with Gasteiger partial charge in [0.05, 0.1) is 4.90 Å². The van der Waals surface area contributed by atoms with E-state index in [4.69, 9.17) is 5.26 Å². The SMILES string of the molecule is CC(C)CC(NC(=O)c1cccc(-c2ccc(S(C)(=O)=O)cc2)c1)C(=O)N(C)N(C)C#N. The first kappa shape index (κ1) is 24.9. The molecular weight excluding hydrogens is 428 g/mol. The predicted octanol–water partition coefficient (Wildman–Crippen LogP) is 2.69. The molecule has 1 N–H and O–H groups in total. The van der Waals surface area contributed by atoms with Crippen LogP contribution < -0.4 is 5.32 Å². The zero-order chi connectivity index (χ0) is 24.1. The molecule has 0 aliphatic carbocycles. The second-order valence-corrected chi connectivity index (χ2v) is 10.0. The number of amides is 2. The summed E-state index contributed by atoms with van der Waals surface area (Å²) in [6.07, 6.45) is 3.43. The minimum absolute atomic E-state index is 0.143. The van der Waals surface area contributed by atoms with Gasteiger partial charge in [-0.3, -0.25) is 9.59 Å². The first-order valence-electron chi connectivity index (χ1n) is 10.1. The number of carbonyl (C=O) groups excluding carboxylic acids is 2. The quantitative estimate of drug-likeness (QED) is 0.371. The first-order valence-corrected chi connectivity index (χ1v) is 12.0. The molecule has 0 radical (unpaired) electrons. The van der Waals surface area contributed by atoms with Crippen LogP contribution in [0.25, 0.3) is 11.1 Å². The van der Waals surface area contributed by atoms with Gasteiger partial charge < -0.3 is 5.32 Å². The Kier molecular flexibility index (Phi) is 8.00. The Morgan fingerprint density at radius 3 is 2.22 bits per heavy atom. The predicted molar refractivity (Wildman–Crippen MR) is 122 cm³/mol. The minimum atomic E-state index is -3.29. The molecule has 0 bridgehead atoms. The van der Waals surface area contributed by atoms with Gasteiger partial charge in [0, 0.05) is 25.9 Å².